The van der Waals surface area contributed by atoms with Crippen LogP contribution in [0.2, 0.25) is 0 Å². The SMILES string of the molecule is CC(=O)OC[C@H]1O[C@H](O[C@H]2CC[C@@]3(C)C(CC[C@H]4[C@@H]5CC[C@H]([C@H](C)CCCC(C)C)[C@@]5(C)CC[C@@H]43)C2)[C@H](NC(=O)OCC(Cl)(Cl)Cl)[C@@H](OC(C)=O)[C@H]1OC(C)=O. The summed E-state index contributed by atoms with van der Waals surface area (Å²) in [6, 6.07) is -1.21. The van der Waals surface area contributed by atoms with Crippen molar-refractivity contribution < 1.29 is 47.6 Å². The fourth-order valence-corrected chi connectivity index (χ4v) is 12.2. The van der Waals surface area contributed by atoms with Crippen LogP contribution in [-0.4, -0.2) is 77.8 Å². The Balaban J connectivity index is 1.32. The molecule has 14 heteroatoms. The predicted octanol–water partition coefficient (Wildman–Crippen LogP) is 9.11. The quantitative estimate of drug-likeness (QED) is 0.0828. The molecule has 5 fully saturated rings. The first-order valence-corrected chi connectivity index (χ1v) is 22.1. The lowest BCUT2D eigenvalue weighted by Gasteiger charge is -2.61. The zero-order chi connectivity index (χ0) is 41.2. The maximum Gasteiger partial charge on any atom is 0.407 e. The molecule has 320 valence electrons. The predicted molar refractivity (Wildman–Crippen MR) is 213 cm³/mol. The molecule has 0 aromatic carbocycles. The fourth-order valence-electron chi connectivity index (χ4n) is 12.1. The van der Waals surface area contributed by atoms with Crippen molar-refractivity contribution in [3.8, 4) is 0 Å². The van der Waals surface area contributed by atoms with Gasteiger partial charge in [-0.1, -0.05) is 88.7 Å². The molecular formula is C42H66Cl3NO10. The first-order chi connectivity index (χ1) is 26.2. The number of nitrogens with one attached hydrogen (secondary N) is 1. The van der Waals surface area contributed by atoms with Gasteiger partial charge in [0.2, 0.25) is 3.79 Å². The Morgan fingerprint density at radius 1 is 0.804 bits per heavy atom. The van der Waals surface area contributed by atoms with E-state index in [4.69, 9.17) is 63.2 Å². The molecule has 0 bridgehead atoms. The Labute approximate surface area is 348 Å². The van der Waals surface area contributed by atoms with Gasteiger partial charge < -0.3 is 33.7 Å². The standard InChI is InChI=1S/C42H66Cl3NO10/c1-23(2)10-9-11-24(3)31-14-15-32-30-13-12-28-20-29(16-18-40(28,7)33(30)17-19-41(31,32)8)55-38-35(46-39(50)52-22-42(43,44)45)37(54-27(6)49)36(53-26(5)48)34(56-38)21-51-25(4)47/h23-24,28-38H,9-22H2,1-8H3,(H,46,50)/t24-,28?,29+,30+,31-,32+,33+,34-,35-,36+,37-,38+,40+,41-/m1/s1. The van der Waals surface area contributed by atoms with Gasteiger partial charge in [-0.15, -0.1) is 0 Å². The zero-order valence-electron chi connectivity index (χ0n) is 34.6. The lowest BCUT2D eigenvalue weighted by atomic mass is 9.44. The van der Waals surface area contributed by atoms with Gasteiger partial charge in [0.05, 0.1) is 6.10 Å². The third-order valence-electron chi connectivity index (χ3n) is 14.5. The first kappa shape index (κ1) is 45.6. The molecule has 11 nitrogen and oxygen atoms in total. The number of hydrogen-bond donors (Lipinski definition) is 1. The largest absolute Gasteiger partial charge is 0.463 e. The molecular weight excluding hydrogens is 785 g/mol. The minimum atomic E-state index is -1.88. The van der Waals surface area contributed by atoms with Crippen LogP contribution in [0.15, 0.2) is 0 Å². The van der Waals surface area contributed by atoms with E-state index in [0.29, 0.717) is 17.3 Å². The molecule has 14 atom stereocenters. The molecule has 1 unspecified atom stereocenters. The van der Waals surface area contributed by atoms with E-state index in [1.165, 1.54) is 72.1 Å². The molecule has 1 saturated heterocycles. The van der Waals surface area contributed by atoms with Crippen molar-refractivity contribution in [1.29, 1.82) is 0 Å². The van der Waals surface area contributed by atoms with Crippen LogP contribution >= 0.6 is 34.8 Å². The third-order valence-corrected chi connectivity index (χ3v) is 14.8. The monoisotopic (exact) mass is 849 g/mol. The number of fused-ring (bicyclic) bond motifs is 5. The van der Waals surface area contributed by atoms with Gasteiger partial charge in [0.1, 0.15) is 25.4 Å². The second-order valence-corrected chi connectivity index (χ2v) is 21.1. The number of hydrogen-bond acceptors (Lipinski definition) is 10. The Morgan fingerprint density at radius 2 is 1.46 bits per heavy atom. The number of esters is 3. The van der Waals surface area contributed by atoms with Gasteiger partial charge in [-0.2, -0.15) is 0 Å². The van der Waals surface area contributed by atoms with E-state index in [1.807, 2.05) is 0 Å². The van der Waals surface area contributed by atoms with Crippen LogP contribution < -0.4 is 5.32 Å². The second kappa shape index (κ2) is 18.8. The van der Waals surface area contributed by atoms with Gasteiger partial charge >= 0.3 is 24.0 Å². The maximum atomic E-state index is 13.1. The van der Waals surface area contributed by atoms with Crippen molar-refractivity contribution in [2.24, 2.45) is 52.3 Å². The van der Waals surface area contributed by atoms with Crippen LogP contribution in [0, 0.1) is 52.3 Å². The van der Waals surface area contributed by atoms with E-state index in [0.717, 1.165) is 55.3 Å². The number of rotatable bonds is 13. The molecule has 5 aliphatic rings. The highest BCUT2D eigenvalue weighted by Crippen LogP contribution is 2.68. The summed E-state index contributed by atoms with van der Waals surface area (Å²) in [5.41, 5.74) is 0.614. The molecule has 0 radical (unpaired) electrons. The fraction of sp³-hybridized carbons (Fsp3) is 0.905. The highest BCUT2D eigenvalue weighted by Gasteiger charge is 2.61. The molecule has 0 spiro atoms. The zero-order valence-corrected chi connectivity index (χ0v) is 36.9. The lowest BCUT2D eigenvalue weighted by molar-refractivity contribution is -0.293. The molecule has 4 aliphatic carbocycles. The summed E-state index contributed by atoms with van der Waals surface area (Å²) in [5.74, 6) is 3.02. The average molecular weight is 851 g/mol. The van der Waals surface area contributed by atoms with Crippen LogP contribution in [0.1, 0.15) is 132 Å². The van der Waals surface area contributed by atoms with Gasteiger partial charge in [-0.05, 0) is 110 Å². The van der Waals surface area contributed by atoms with E-state index >= 15 is 0 Å². The van der Waals surface area contributed by atoms with E-state index < -0.39 is 65.0 Å². The minimum Gasteiger partial charge on any atom is -0.463 e. The summed E-state index contributed by atoms with van der Waals surface area (Å²) in [6.45, 7) is 15.1. The topological polar surface area (TPSA) is 136 Å². The molecule has 1 aliphatic heterocycles. The molecule has 4 saturated carbocycles. The van der Waals surface area contributed by atoms with Gasteiger partial charge in [0.15, 0.2) is 18.5 Å². The van der Waals surface area contributed by atoms with E-state index in [1.54, 1.807) is 0 Å². The van der Waals surface area contributed by atoms with Crippen molar-refractivity contribution in [3.63, 3.8) is 0 Å². The number of amides is 1. The maximum absolute atomic E-state index is 13.1. The third kappa shape index (κ3) is 10.8. The molecule has 0 aromatic heterocycles. The number of carbonyl (C=O) groups is 4. The Hall–Kier alpha value is -1.53. The number of halogens is 3. The van der Waals surface area contributed by atoms with E-state index in [-0.39, 0.29) is 18.1 Å². The molecule has 1 heterocycles. The van der Waals surface area contributed by atoms with Gasteiger partial charge in [0, 0.05) is 20.8 Å². The second-order valence-electron chi connectivity index (χ2n) is 18.6. The van der Waals surface area contributed by atoms with E-state index in [2.05, 4.69) is 39.9 Å². The molecule has 5 rings (SSSR count). The highest BCUT2D eigenvalue weighted by molar-refractivity contribution is 6.67. The number of ether oxygens (including phenoxy) is 6. The van der Waals surface area contributed by atoms with Crippen molar-refractivity contribution in [2.75, 3.05) is 13.2 Å². The van der Waals surface area contributed by atoms with Crippen LogP contribution in [0.4, 0.5) is 4.79 Å². The Bertz CT molecular complexity index is 1390. The molecule has 1 N–H and O–H groups in total. The van der Waals surface area contributed by atoms with Crippen molar-refractivity contribution >= 4 is 58.8 Å². The summed E-state index contributed by atoms with van der Waals surface area (Å²) in [5, 5.41) is 2.67. The molecule has 56 heavy (non-hydrogen) atoms. The van der Waals surface area contributed by atoms with Crippen LogP contribution in [0.5, 0.6) is 0 Å². The average Bonchev–Trinajstić information content (AvgIpc) is 3.45. The van der Waals surface area contributed by atoms with Crippen molar-refractivity contribution in [3.05, 3.63) is 0 Å². The highest BCUT2D eigenvalue weighted by atomic mass is 35.6. The number of alkyl carbamates (subject to hydrolysis) is 1. The number of carbonyl (C=O) groups excluding carboxylic acids is 4. The summed E-state index contributed by atoms with van der Waals surface area (Å²) in [6.07, 6.45) is 8.15. The van der Waals surface area contributed by atoms with Crippen LogP contribution in [0.3, 0.4) is 0 Å². The van der Waals surface area contributed by atoms with Gasteiger partial charge in [-0.25, -0.2) is 4.79 Å². The van der Waals surface area contributed by atoms with E-state index in [9.17, 15) is 19.2 Å². The van der Waals surface area contributed by atoms with Crippen LogP contribution in [0.25, 0.3) is 0 Å². The van der Waals surface area contributed by atoms with Gasteiger partial charge in [0.25, 0.3) is 0 Å². The minimum absolute atomic E-state index is 0.190. The summed E-state index contributed by atoms with van der Waals surface area (Å²) in [7, 11) is 0. The summed E-state index contributed by atoms with van der Waals surface area (Å²) >= 11 is 17.5. The number of alkyl halides is 3. The molecule has 1 amide bonds. The Kier molecular flexibility index (Phi) is 15.3. The van der Waals surface area contributed by atoms with Crippen molar-refractivity contribution in [1.82, 2.24) is 5.32 Å². The normalized spacial score (nSPS) is 38.7. The van der Waals surface area contributed by atoms with Crippen molar-refractivity contribution in [2.45, 2.75) is 173 Å². The van der Waals surface area contributed by atoms with Crippen LogP contribution in [-0.2, 0) is 42.8 Å². The first-order valence-electron chi connectivity index (χ1n) is 21.0. The smallest absolute Gasteiger partial charge is 0.407 e. The molecule has 0 aromatic rings. The lowest BCUT2D eigenvalue weighted by Crippen LogP contribution is -2.67. The summed E-state index contributed by atoms with van der Waals surface area (Å²) < 4.78 is 33.0. The Morgan fingerprint density at radius 3 is 2.11 bits per heavy atom. The van der Waals surface area contributed by atoms with Gasteiger partial charge in [-0.3, -0.25) is 14.4 Å². The summed E-state index contributed by atoms with van der Waals surface area (Å²) in [4.78, 5) is 49.8.